The fourth-order valence-corrected chi connectivity index (χ4v) is 2.36. The minimum atomic E-state index is 0.0419. The van der Waals surface area contributed by atoms with Crippen LogP contribution in [0.2, 0.25) is 0 Å². The Morgan fingerprint density at radius 2 is 2.05 bits per heavy atom. The molecule has 0 aliphatic rings. The van der Waals surface area contributed by atoms with Crippen LogP contribution >= 0.6 is 0 Å². The van der Waals surface area contributed by atoms with Crippen molar-refractivity contribution in [2.24, 2.45) is 5.73 Å². The lowest BCUT2D eigenvalue weighted by molar-refractivity contribution is 0.414. The number of benzene rings is 1. The van der Waals surface area contributed by atoms with Gasteiger partial charge < -0.3 is 15.5 Å². The van der Waals surface area contributed by atoms with E-state index in [0.717, 1.165) is 28.9 Å². The molecule has 5 heteroatoms. The van der Waals surface area contributed by atoms with Crippen LogP contribution in [0.1, 0.15) is 16.8 Å². The van der Waals surface area contributed by atoms with E-state index in [9.17, 15) is 0 Å². The molecule has 0 aliphatic carbocycles. The second-order valence-corrected chi connectivity index (χ2v) is 4.85. The Bertz CT molecular complexity index is 790. The Morgan fingerprint density at radius 3 is 2.71 bits per heavy atom. The van der Waals surface area contributed by atoms with Crippen molar-refractivity contribution in [3.63, 3.8) is 0 Å². The van der Waals surface area contributed by atoms with E-state index in [1.54, 1.807) is 19.4 Å². The van der Waals surface area contributed by atoms with Gasteiger partial charge in [0.25, 0.3) is 0 Å². The van der Waals surface area contributed by atoms with E-state index in [2.05, 4.69) is 9.97 Å². The van der Waals surface area contributed by atoms with Gasteiger partial charge in [0.05, 0.1) is 18.1 Å². The summed E-state index contributed by atoms with van der Waals surface area (Å²) in [5, 5.41) is 7.61. The van der Waals surface area contributed by atoms with Crippen molar-refractivity contribution < 1.29 is 4.74 Å². The van der Waals surface area contributed by atoms with Gasteiger partial charge in [-0.25, -0.2) is 0 Å². The molecule has 0 unspecified atom stereocenters. The first-order valence-corrected chi connectivity index (χ1v) is 6.61. The summed E-state index contributed by atoms with van der Waals surface area (Å²) in [7, 11) is 1.65. The summed E-state index contributed by atoms with van der Waals surface area (Å²) in [6.07, 6.45) is 2.43. The second kappa shape index (κ2) is 5.28. The standard InChI is InChI=1S/C16H16N4O/c1-21-12-4-2-10(3-5-12)8-11-9-14-15(20-11)13(16(17)18)6-7-19-14/h2-7,9,20H,8H2,1H3,(H3,17,18). The predicted octanol–water partition coefficient (Wildman–Crippen LogP) is 2.45. The van der Waals surface area contributed by atoms with Gasteiger partial charge in [-0.3, -0.25) is 10.4 Å². The monoisotopic (exact) mass is 280 g/mol. The first-order chi connectivity index (χ1) is 10.2. The molecule has 0 saturated heterocycles. The highest BCUT2D eigenvalue weighted by molar-refractivity contribution is 6.05. The van der Waals surface area contributed by atoms with Crippen molar-refractivity contribution in [3.8, 4) is 5.75 Å². The van der Waals surface area contributed by atoms with Crippen LogP contribution in [0.15, 0.2) is 42.6 Å². The maximum Gasteiger partial charge on any atom is 0.125 e. The number of nitrogens with two attached hydrogens (primary N) is 1. The molecule has 106 valence electrons. The van der Waals surface area contributed by atoms with E-state index < -0.39 is 0 Å². The maximum atomic E-state index is 7.61. The number of aromatic amines is 1. The van der Waals surface area contributed by atoms with E-state index in [1.165, 1.54) is 5.56 Å². The van der Waals surface area contributed by atoms with Gasteiger partial charge in [0.15, 0.2) is 0 Å². The summed E-state index contributed by atoms with van der Waals surface area (Å²) in [4.78, 5) is 7.62. The molecule has 3 aromatic rings. The van der Waals surface area contributed by atoms with Crippen LogP contribution in [-0.2, 0) is 6.42 Å². The molecule has 0 bridgehead atoms. The van der Waals surface area contributed by atoms with Gasteiger partial charge in [0.2, 0.25) is 0 Å². The van der Waals surface area contributed by atoms with Crippen molar-refractivity contribution in [1.82, 2.24) is 9.97 Å². The minimum Gasteiger partial charge on any atom is -0.497 e. The highest BCUT2D eigenvalue weighted by atomic mass is 16.5. The fraction of sp³-hybridized carbons (Fsp3) is 0.125. The maximum absolute atomic E-state index is 7.61. The van der Waals surface area contributed by atoms with E-state index in [4.69, 9.17) is 15.9 Å². The molecule has 0 aliphatic heterocycles. The molecule has 0 fully saturated rings. The van der Waals surface area contributed by atoms with Crippen molar-refractivity contribution in [3.05, 3.63) is 59.4 Å². The van der Waals surface area contributed by atoms with Crippen LogP contribution in [0.5, 0.6) is 5.75 Å². The van der Waals surface area contributed by atoms with Crippen molar-refractivity contribution >= 4 is 16.9 Å². The molecule has 5 nitrogen and oxygen atoms in total. The van der Waals surface area contributed by atoms with Gasteiger partial charge in [0.1, 0.15) is 11.6 Å². The molecule has 0 spiro atoms. The normalized spacial score (nSPS) is 10.7. The Hall–Kier alpha value is -2.82. The van der Waals surface area contributed by atoms with Gasteiger partial charge in [-0.1, -0.05) is 12.1 Å². The highest BCUT2D eigenvalue weighted by Gasteiger charge is 2.09. The molecule has 3 rings (SSSR count). The number of fused-ring (bicyclic) bond motifs is 1. The van der Waals surface area contributed by atoms with Crippen molar-refractivity contribution in [1.29, 1.82) is 5.41 Å². The average molecular weight is 280 g/mol. The molecular formula is C16H16N4O. The lowest BCUT2D eigenvalue weighted by Gasteiger charge is -2.02. The lowest BCUT2D eigenvalue weighted by Crippen LogP contribution is -2.11. The summed E-state index contributed by atoms with van der Waals surface area (Å²) < 4.78 is 5.15. The summed E-state index contributed by atoms with van der Waals surface area (Å²) >= 11 is 0. The zero-order chi connectivity index (χ0) is 14.8. The lowest BCUT2D eigenvalue weighted by atomic mass is 10.1. The first kappa shape index (κ1) is 13.2. The van der Waals surface area contributed by atoms with E-state index in [0.29, 0.717) is 5.56 Å². The van der Waals surface area contributed by atoms with Crippen molar-refractivity contribution in [2.75, 3.05) is 7.11 Å². The zero-order valence-electron chi connectivity index (χ0n) is 11.7. The molecule has 2 heterocycles. The fourth-order valence-electron chi connectivity index (χ4n) is 2.36. The number of aromatic nitrogens is 2. The van der Waals surface area contributed by atoms with E-state index >= 15 is 0 Å². The number of methoxy groups -OCH3 is 1. The molecule has 0 atom stereocenters. The zero-order valence-corrected chi connectivity index (χ0v) is 11.7. The Balaban J connectivity index is 1.93. The third-order valence-corrected chi connectivity index (χ3v) is 3.42. The number of pyridine rings is 1. The van der Waals surface area contributed by atoms with Gasteiger partial charge in [0, 0.05) is 23.9 Å². The number of nitrogens with one attached hydrogen (secondary N) is 2. The van der Waals surface area contributed by atoms with Crippen LogP contribution in [-0.4, -0.2) is 22.9 Å². The topological polar surface area (TPSA) is 87.8 Å². The number of H-pyrrole nitrogens is 1. The Morgan fingerprint density at radius 1 is 1.29 bits per heavy atom. The van der Waals surface area contributed by atoms with Crippen LogP contribution in [0, 0.1) is 5.41 Å². The van der Waals surface area contributed by atoms with Gasteiger partial charge in [-0.2, -0.15) is 0 Å². The van der Waals surface area contributed by atoms with E-state index in [-0.39, 0.29) is 5.84 Å². The molecule has 2 aromatic heterocycles. The van der Waals surface area contributed by atoms with E-state index in [1.807, 2.05) is 30.3 Å². The first-order valence-electron chi connectivity index (χ1n) is 6.61. The summed E-state index contributed by atoms with van der Waals surface area (Å²) in [6.45, 7) is 0. The smallest absolute Gasteiger partial charge is 0.125 e. The van der Waals surface area contributed by atoms with Crippen LogP contribution < -0.4 is 10.5 Å². The Kier molecular flexibility index (Phi) is 3.31. The number of hydrogen-bond donors (Lipinski definition) is 3. The molecular weight excluding hydrogens is 264 g/mol. The number of ether oxygens (including phenoxy) is 1. The number of hydrogen-bond acceptors (Lipinski definition) is 3. The van der Waals surface area contributed by atoms with Crippen LogP contribution in [0.25, 0.3) is 11.0 Å². The number of amidine groups is 1. The molecule has 4 N–H and O–H groups in total. The SMILES string of the molecule is COc1ccc(Cc2cc3nccc(C(=N)N)c3[nH]2)cc1. The van der Waals surface area contributed by atoms with Gasteiger partial charge in [-0.05, 0) is 29.8 Å². The minimum absolute atomic E-state index is 0.0419. The summed E-state index contributed by atoms with van der Waals surface area (Å²) in [5.41, 5.74) is 10.1. The second-order valence-electron chi connectivity index (χ2n) is 4.85. The van der Waals surface area contributed by atoms with Crippen molar-refractivity contribution in [2.45, 2.75) is 6.42 Å². The average Bonchev–Trinajstić information content (AvgIpc) is 2.89. The Labute approximate surface area is 122 Å². The molecule has 21 heavy (non-hydrogen) atoms. The predicted molar refractivity (Wildman–Crippen MR) is 82.9 cm³/mol. The molecule has 0 saturated carbocycles. The molecule has 0 amide bonds. The largest absolute Gasteiger partial charge is 0.497 e. The number of nitrogen functional groups attached to an aromatic ring is 1. The highest BCUT2D eigenvalue weighted by Crippen LogP contribution is 2.20. The summed E-state index contributed by atoms with van der Waals surface area (Å²) in [5.74, 6) is 0.885. The third-order valence-electron chi connectivity index (χ3n) is 3.42. The van der Waals surface area contributed by atoms with Gasteiger partial charge >= 0.3 is 0 Å². The number of rotatable bonds is 4. The molecule has 1 aromatic carbocycles. The third kappa shape index (κ3) is 2.58. The summed E-state index contributed by atoms with van der Waals surface area (Å²) in [6, 6.07) is 11.7. The number of nitrogens with zero attached hydrogens (tertiary/aromatic N) is 1. The molecule has 0 radical (unpaired) electrons. The quantitative estimate of drug-likeness (QED) is 0.506. The van der Waals surface area contributed by atoms with Crippen LogP contribution in [0.4, 0.5) is 0 Å². The van der Waals surface area contributed by atoms with Gasteiger partial charge in [-0.15, -0.1) is 0 Å². The van der Waals surface area contributed by atoms with Crippen LogP contribution in [0.3, 0.4) is 0 Å².